The summed E-state index contributed by atoms with van der Waals surface area (Å²) in [7, 11) is -3.55. The van der Waals surface area contributed by atoms with Crippen molar-refractivity contribution >= 4 is 15.9 Å². The standard InChI is InChI=1S/C26H24N4O3S/c31-26(20-11-15-24(16-12-20)34(32,33)29-22-13-14-22)27-17-21-18-30(23-9-5-2-6-10-23)28-25(21)19-7-3-1-4-8-19/h1-12,15-16,18,22,29H,13-14,17H2,(H,27,31). The largest absolute Gasteiger partial charge is 0.348 e. The minimum atomic E-state index is -3.55. The third kappa shape index (κ3) is 4.93. The molecule has 0 atom stereocenters. The number of sulfonamides is 1. The summed E-state index contributed by atoms with van der Waals surface area (Å²) in [5.41, 5.74) is 3.93. The van der Waals surface area contributed by atoms with Crippen LogP contribution in [0.1, 0.15) is 28.8 Å². The molecule has 0 unspecified atom stereocenters. The molecule has 1 fully saturated rings. The van der Waals surface area contributed by atoms with Gasteiger partial charge in [-0.15, -0.1) is 0 Å². The Labute approximate surface area is 198 Å². The number of hydrogen-bond donors (Lipinski definition) is 2. The van der Waals surface area contributed by atoms with Crippen LogP contribution in [-0.4, -0.2) is 30.1 Å². The number of rotatable bonds is 8. The van der Waals surface area contributed by atoms with Crippen LogP contribution < -0.4 is 10.0 Å². The molecule has 0 aliphatic heterocycles. The maximum atomic E-state index is 12.8. The van der Waals surface area contributed by atoms with Crippen LogP contribution in [0.15, 0.2) is 96.0 Å². The van der Waals surface area contributed by atoms with E-state index in [4.69, 9.17) is 5.10 Å². The first-order valence-corrected chi connectivity index (χ1v) is 12.6. The molecule has 8 heteroatoms. The fraction of sp³-hybridized carbons (Fsp3) is 0.154. The Hall–Kier alpha value is -3.75. The fourth-order valence-electron chi connectivity index (χ4n) is 3.64. The highest BCUT2D eigenvalue weighted by Crippen LogP contribution is 2.24. The van der Waals surface area contributed by atoms with E-state index in [0.29, 0.717) is 5.56 Å². The van der Waals surface area contributed by atoms with Gasteiger partial charge in [-0.25, -0.2) is 17.8 Å². The molecular formula is C26H24N4O3S. The molecule has 0 radical (unpaired) electrons. The summed E-state index contributed by atoms with van der Waals surface area (Å²) in [5, 5.41) is 7.69. The zero-order valence-electron chi connectivity index (χ0n) is 18.4. The lowest BCUT2D eigenvalue weighted by Gasteiger charge is -2.08. The number of nitrogens with zero attached hydrogens (tertiary/aromatic N) is 2. The van der Waals surface area contributed by atoms with Gasteiger partial charge >= 0.3 is 0 Å². The van der Waals surface area contributed by atoms with E-state index in [1.165, 1.54) is 24.3 Å². The maximum absolute atomic E-state index is 12.8. The molecule has 1 aromatic heterocycles. The van der Waals surface area contributed by atoms with Crippen LogP contribution in [-0.2, 0) is 16.6 Å². The van der Waals surface area contributed by atoms with E-state index in [1.54, 1.807) is 4.68 Å². The van der Waals surface area contributed by atoms with Crippen molar-refractivity contribution in [1.82, 2.24) is 19.8 Å². The highest BCUT2D eigenvalue weighted by Gasteiger charge is 2.28. The second kappa shape index (κ2) is 9.24. The number of benzene rings is 3. The van der Waals surface area contributed by atoms with Crippen molar-refractivity contribution in [2.75, 3.05) is 0 Å². The number of para-hydroxylation sites is 1. The Morgan fingerprint density at radius 1 is 0.912 bits per heavy atom. The van der Waals surface area contributed by atoms with Crippen molar-refractivity contribution in [3.63, 3.8) is 0 Å². The lowest BCUT2D eigenvalue weighted by molar-refractivity contribution is 0.0951. The van der Waals surface area contributed by atoms with Crippen molar-refractivity contribution in [2.24, 2.45) is 0 Å². The van der Waals surface area contributed by atoms with E-state index in [0.717, 1.165) is 35.3 Å². The van der Waals surface area contributed by atoms with Crippen LogP contribution in [0.3, 0.4) is 0 Å². The molecule has 1 amide bonds. The average Bonchev–Trinajstić information content (AvgIpc) is 3.57. The predicted molar refractivity (Wildman–Crippen MR) is 130 cm³/mol. The summed E-state index contributed by atoms with van der Waals surface area (Å²) < 4.78 is 29.1. The van der Waals surface area contributed by atoms with E-state index in [2.05, 4.69) is 10.0 Å². The minimum absolute atomic E-state index is 0.0311. The summed E-state index contributed by atoms with van der Waals surface area (Å²) in [6.45, 7) is 0.277. The Morgan fingerprint density at radius 3 is 2.21 bits per heavy atom. The number of aromatic nitrogens is 2. The molecule has 3 aromatic carbocycles. The second-order valence-electron chi connectivity index (χ2n) is 8.25. The molecule has 1 aliphatic rings. The Morgan fingerprint density at radius 2 is 1.56 bits per heavy atom. The van der Waals surface area contributed by atoms with E-state index < -0.39 is 10.0 Å². The number of carbonyl (C=O) groups excluding carboxylic acids is 1. The van der Waals surface area contributed by atoms with Gasteiger partial charge in [0.15, 0.2) is 0 Å². The van der Waals surface area contributed by atoms with E-state index in [1.807, 2.05) is 66.9 Å². The summed E-state index contributed by atoms with van der Waals surface area (Å²) in [4.78, 5) is 12.9. The number of amides is 1. The van der Waals surface area contributed by atoms with Crippen LogP contribution in [0.25, 0.3) is 16.9 Å². The summed E-state index contributed by atoms with van der Waals surface area (Å²) >= 11 is 0. The summed E-state index contributed by atoms with van der Waals surface area (Å²) in [6, 6.07) is 25.6. The molecule has 0 spiro atoms. The quantitative estimate of drug-likeness (QED) is 0.407. The van der Waals surface area contributed by atoms with Crippen LogP contribution >= 0.6 is 0 Å². The summed E-state index contributed by atoms with van der Waals surface area (Å²) in [6.07, 6.45) is 3.65. The van der Waals surface area contributed by atoms with Gasteiger partial charge in [-0.05, 0) is 49.2 Å². The molecule has 0 saturated heterocycles. The van der Waals surface area contributed by atoms with Crippen LogP contribution in [0, 0.1) is 0 Å². The number of hydrogen-bond acceptors (Lipinski definition) is 4. The molecule has 1 saturated carbocycles. The second-order valence-corrected chi connectivity index (χ2v) is 9.97. The normalized spacial score (nSPS) is 13.5. The van der Waals surface area contributed by atoms with E-state index >= 15 is 0 Å². The average molecular weight is 473 g/mol. The number of nitrogens with one attached hydrogen (secondary N) is 2. The van der Waals surface area contributed by atoms with Crippen molar-refractivity contribution in [3.05, 3.63) is 102 Å². The van der Waals surface area contributed by atoms with E-state index in [-0.39, 0.29) is 23.4 Å². The molecule has 7 nitrogen and oxygen atoms in total. The molecule has 5 rings (SSSR count). The molecule has 172 valence electrons. The lowest BCUT2D eigenvalue weighted by Crippen LogP contribution is -2.26. The molecule has 1 heterocycles. The third-order valence-corrected chi connectivity index (χ3v) is 7.16. The van der Waals surface area contributed by atoms with E-state index in [9.17, 15) is 13.2 Å². The highest BCUT2D eigenvalue weighted by molar-refractivity contribution is 7.89. The SMILES string of the molecule is O=C(NCc1cn(-c2ccccc2)nc1-c1ccccc1)c1ccc(S(=O)(=O)NC2CC2)cc1. The zero-order chi connectivity index (χ0) is 23.5. The van der Waals surface area contributed by atoms with Crippen molar-refractivity contribution in [2.45, 2.75) is 30.3 Å². The highest BCUT2D eigenvalue weighted by atomic mass is 32.2. The van der Waals surface area contributed by atoms with Gasteiger partial charge in [-0.2, -0.15) is 5.10 Å². The van der Waals surface area contributed by atoms with Gasteiger partial charge < -0.3 is 5.32 Å². The maximum Gasteiger partial charge on any atom is 0.251 e. The van der Waals surface area contributed by atoms with Gasteiger partial charge in [0.05, 0.1) is 16.3 Å². The first kappa shape index (κ1) is 22.1. The van der Waals surface area contributed by atoms with Gasteiger partial charge in [0.2, 0.25) is 10.0 Å². The third-order valence-electron chi connectivity index (χ3n) is 5.62. The van der Waals surface area contributed by atoms with Crippen LogP contribution in [0.2, 0.25) is 0 Å². The first-order chi connectivity index (χ1) is 16.5. The molecular weight excluding hydrogens is 448 g/mol. The Bertz CT molecular complexity index is 1400. The predicted octanol–water partition coefficient (Wildman–Crippen LogP) is 3.91. The van der Waals surface area contributed by atoms with Gasteiger partial charge in [0.25, 0.3) is 5.91 Å². The van der Waals surface area contributed by atoms with Crippen molar-refractivity contribution in [1.29, 1.82) is 0 Å². The Balaban J connectivity index is 1.34. The molecule has 4 aromatic rings. The van der Waals surface area contributed by atoms with Crippen molar-refractivity contribution < 1.29 is 13.2 Å². The monoisotopic (exact) mass is 472 g/mol. The van der Waals surface area contributed by atoms with Gasteiger partial charge in [-0.3, -0.25) is 4.79 Å². The minimum Gasteiger partial charge on any atom is -0.348 e. The topological polar surface area (TPSA) is 93.1 Å². The Kier molecular flexibility index (Phi) is 6.00. The molecule has 2 N–H and O–H groups in total. The van der Waals surface area contributed by atoms with Gasteiger partial charge in [-0.1, -0.05) is 48.5 Å². The molecule has 34 heavy (non-hydrogen) atoms. The first-order valence-electron chi connectivity index (χ1n) is 11.1. The van der Waals surface area contributed by atoms with Crippen molar-refractivity contribution in [3.8, 4) is 16.9 Å². The molecule has 1 aliphatic carbocycles. The smallest absolute Gasteiger partial charge is 0.251 e. The summed E-state index contributed by atoms with van der Waals surface area (Å²) in [5.74, 6) is -0.287. The fourth-order valence-corrected chi connectivity index (χ4v) is 4.95. The molecule has 0 bridgehead atoms. The number of carbonyl (C=O) groups is 1. The lowest BCUT2D eigenvalue weighted by atomic mass is 10.1. The van der Waals surface area contributed by atoms with Crippen LogP contribution in [0.4, 0.5) is 0 Å². The zero-order valence-corrected chi connectivity index (χ0v) is 19.2. The van der Waals surface area contributed by atoms with Gasteiger partial charge in [0, 0.05) is 35.5 Å². The van der Waals surface area contributed by atoms with Crippen LogP contribution in [0.5, 0.6) is 0 Å². The van der Waals surface area contributed by atoms with Gasteiger partial charge in [0.1, 0.15) is 0 Å².